The van der Waals surface area contributed by atoms with Crippen molar-refractivity contribution in [1.29, 1.82) is 5.26 Å². The third-order valence-electron chi connectivity index (χ3n) is 3.01. The molecule has 1 rings (SSSR count). The summed E-state index contributed by atoms with van der Waals surface area (Å²) in [4.78, 5) is 24.4. The maximum absolute atomic E-state index is 11.9. The number of hydrogen-bond acceptors (Lipinski definition) is 6. The average molecular weight is 332 g/mol. The molecule has 0 heterocycles. The Bertz CT molecular complexity index is 649. The summed E-state index contributed by atoms with van der Waals surface area (Å²) in [5.74, 6) is 0.0552. The van der Waals surface area contributed by atoms with E-state index in [0.29, 0.717) is 11.3 Å². The second-order valence-electron chi connectivity index (χ2n) is 4.70. The zero-order valence-corrected chi connectivity index (χ0v) is 13.9. The lowest BCUT2D eigenvalue weighted by Gasteiger charge is -2.17. The van der Waals surface area contributed by atoms with Crippen LogP contribution < -0.4 is 4.74 Å². The summed E-state index contributed by atoms with van der Waals surface area (Å²) in [6.45, 7) is 1.47. The minimum Gasteiger partial charge on any atom is -0.497 e. The van der Waals surface area contributed by atoms with Crippen LogP contribution in [0.1, 0.15) is 12.5 Å². The molecule has 0 saturated heterocycles. The van der Waals surface area contributed by atoms with Gasteiger partial charge in [-0.1, -0.05) is 12.1 Å². The minimum atomic E-state index is -0.721. The van der Waals surface area contributed by atoms with Crippen molar-refractivity contribution in [2.24, 2.45) is 0 Å². The molecule has 0 aliphatic rings. The summed E-state index contributed by atoms with van der Waals surface area (Å²) < 4.78 is 14.6. The molecule has 0 aliphatic carbocycles. The van der Waals surface area contributed by atoms with Gasteiger partial charge in [-0.2, -0.15) is 5.26 Å². The normalized spacial score (nSPS) is 10.5. The maximum Gasteiger partial charge on any atom is 0.414 e. The van der Waals surface area contributed by atoms with Crippen molar-refractivity contribution in [3.8, 4) is 11.8 Å². The predicted molar refractivity (Wildman–Crippen MR) is 86.1 cm³/mol. The number of benzene rings is 1. The first-order valence-corrected chi connectivity index (χ1v) is 7.28. The number of ether oxygens (including phenoxy) is 3. The van der Waals surface area contributed by atoms with Crippen molar-refractivity contribution in [2.45, 2.75) is 13.3 Å². The Morgan fingerprint density at radius 1 is 1.33 bits per heavy atom. The second kappa shape index (κ2) is 9.90. The van der Waals surface area contributed by atoms with Gasteiger partial charge in [-0.15, -0.1) is 0 Å². The van der Waals surface area contributed by atoms with Gasteiger partial charge in [0, 0.05) is 12.6 Å². The van der Waals surface area contributed by atoms with E-state index < -0.39 is 12.1 Å². The fourth-order valence-electron chi connectivity index (χ4n) is 1.88. The fraction of sp³-hybridized carbons (Fsp3) is 0.353. The Balaban J connectivity index is 2.99. The summed E-state index contributed by atoms with van der Waals surface area (Å²) in [7, 11) is 2.77. The molecule has 0 unspecified atom stereocenters. The van der Waals surface area contributed by atoms with E-state index in [-0.39, 0.29) is 19.6 Å². The van der Waals surface area contributed by atoms with E-state index in [4.69, 9.17) is 9.47 Å². The third kappa shape index (κ3) is 6.01. The molecular weight excluding hydrogens is 312 g/mol. The molecule has 0 spiro atoms. The van der Waals surface area contributed by atoms with Gasteiger partial charge >= 0.3 is 12.1 Å². The first kappa shape index (κ1) is 19.0. The van der Waals surface area contributed by atoms with Gasteiger partial charge in [0.1, 0.15) is 12.3 Å². The van der Waals surface area contributed by atoms with Crippen LogP contribution in [-0.4, -0.2) is 44.3 Å². The molecule has 0 bridgehead atoms. The van der Waals surface area contributed by atoms with Crippen LogP contribution in [0.25, 0.3) is 0 Å². The van der Waals surface area contributed by atoms with Crippen molar-refractivity contribution in [1.82, 2.24) is 4.90 Å². The Labute approximate surface area is 141 Å². The Morgan fingerprint density at radius 2 is 2.08 bits per heavy atom. The molecule has 0 atom stereocenters. The van der Waals surface area contributed by atoms with E-state index in [0.717, 1.165) is 10.5 Å². The lowest BCUT2D eigenvalue weighted by Crippen LogP contribution is -2.32. The Kier molecular flexibility index (Phi) is 7.85. The first-order valence-electron chi connectivity index (χ1n) is 7.28. The van der Waals surface area contributed by atoms with Gasteiger partial charge in [-0.3, -0.25) is 9.69 Å². The highest BCUT2D eigenvalue weighted by molar-refractivity contribution is 5.78. The SMILES string of the molecule is CCOC(=O)N(/C=C(/C#N)Cc1cccc(OC)c1)CC(=O)OC. The standard InChI is InChI=1S/C17H20N2O5/c1-4-24-17(21)19(12-16(20)23-3)11-14(10-18)8-13-6-5-7-15(9-13)22-2/h5-7,9,11H,4,8,12H2,1-3H3/b14-11+. The maximum atomic E-state index is 11.9. The highest BCUT2D eigenvalue weighted by atomic mass is 16.6. The number of carbonyl (C=O) groups excluding carboxylic acids is 2. The van der Waals surface area contributed by atoms with Crippen LogP contribution in [0.2, 0.25) is 0 Å². The molecule has 1 aromatic rings. The quantitative estimate of drug-likeness (QED) is 0.562. The summed E-state index contributed by atoms with van der Waals surface area (Å²) >= 11 is 0. The van der Waals surface area contributed by atoms with Gasteiger partial charge in [0.15, 0.2) is 0 Å². The molecular formula is C17H20N2O5. The molecule has 7 heteroatoms. The number of esters is 1. The molecule has 1 aromatic carbocycles. The van der Waals surface area contributed by atoms with Crippen LogP contribution in [0.5, 0.6) is 5.75 Å². The monoisotopic (exact) mass is 332 g/mol. The molecule has 0 fully saturated rings. The molecule has 0 aliphatic heterocycles. The van der Waals surface area contributed by atoms with E-state index in [1.807, 2.05) is 12.1 Å². The van der Waals surface area contributed by atoms with Gasteiger partial charge in [0.25, 0.3) is 0 Å². The molecule has 24 heavy (non-hydrogen) atoms. The summed E-state index contributed by atoms with van der Waals surface area (Å²) in [5, 5.41) is 9.32. The third-order valence-corrected chi connectivity index (χ3v) is 3.01. The Morgan fingerprint density at radius 3 is 2.67 bits per heavy atom. The number of allylic oxidation sites excluding steroid dienone is 1. The first-order chi connectivity index (χ1) is 11.5. The fourth-order valence-corrected chi connectivity index (χ4v) is 1.88. The summed E-state index contributed by atoms with van der Waals surface area (Å²) in [6, 6.07) is 9.25. The highest BCUT2D eigenvalue weighted by Crippen LogP contribution is 2.16. The predicted octanol–water partition coefficient (Wildman–Crippen LogP) is 2.28. The topological polar surface area (TPSA) is 88.9 Å². The van der Waals surface area contributed by atoms with E-state index in [1.54, 1.807) is 32.2 Å². The van der Waals surface area contributed by atoms with Gasteiger partial charge in [0.05, 0.1) is 32.5 Å². The molecule has 1 amide bonds. The van der Waals surface area contributed by atoms with Crippen molar-refractivity contribution >= 4 is 12.1 Å². The zero-order chi connectivity index (χ0) is 17.9. The number of nitrogens with zero attached hydrogens (tertiary/aromatic N) is 2. The lowest BCUT2D eigenvalue weighted by atomic mass is 10.1. The van der Waals surface area contributed by atoms with Gasteiger partial charge < -0.3 is 14.2 Å². The van der Waals surface area contributed by atoms with Crippen LogP contribution in [0, 0.1) is 11.3 Å². The van der Waals surface area contributed by atoms with Crippen LogP contribution in [-0.2, 0) is 20.7 Å². The number of carbonyl (C=O) groups is 2. The molecule has 0 radical (unpaired) electrons. The minimum absolute atomic E-state index is 0.155. The van der Waals surface area contributed by atoms with E-state index >= 15 is 0 Å². The number of hydrogen-bond donors (Lipinski definition) is 0. The van der Waals surface area contributed by atoms with Crippen molar-refractivity contribution in [2.75, 3.05) is 27.4 Å². The summed E-state index contributed by atoms with van der Waals surface area (Å²) in [5.41, 5.74) is 1.13. The second-order valence-corrected chi connectivity index (χ2v) is 4.70. The largest absolute Gasteiger partial charge is 0.497 e. The summed E-state index contributed by atoms with van der Waals surface area (Å²) in [6.07, 6.45) is 0.861. The van der Waals surface area contributed by atoms with Crippen molar-refractivity contribution in [3.63, 3.8) is 0 Å². The lowest BCUT2D eigenvalue weighted by molar-refractivity contribution is -0.141. The van der Waals surface area contributed by atoms with Crippen LogP contribution in [0.15, 0.2) is 36.0 Å². The van der Waals surface area contributed by atoms with Crippen molar-refractivity contribution in [3.05, 3.63) is 41.6 Å². The molecule has 0 saturated carbocycles. The average Bonchev–Trinajstić information content (AvgIpc) is 2.60. The van der Waals surface area contributed by atoms with E-state index in [9.17, 15) is 14.9 Å². The van der Waals surface area contributed by atoms with Gasteiger partial charge in [-0.05, 0) is 24.6 Å². The van der Waals surface area contributed by atoms with E-state index in [1.165, 1.54) is 13.3 Å². The van der Waals surface area contributed by atoms with Gasteiger partial charge in [0.2, 0.25) is 0 Å². The molecule has 0 N–H and O–H groups in total. The molecule has 7 nitrogen and oxygen atoms in total. The van der Waals surface area contributed by atoms with Crippen molar-refractivity contribution < 1.29 is 23.8 Å². The number of rotatable bonds is 7. The number of methoxy groups -OCH3 is 2. The van der Waals surface area contributed by atoms with Crippen LogP contribution in [0.4, 0.5) is 4.79 Å². The smallest absolute Gasteiger partial charge is 0.414 e. The zero-order valence-electron chi connectivity index (χ0n) is 13.9. The number of nitriles is 1. The number of amides is 1. The molecule has 0 aromatic heterocycles. The van der Waals surface area contributed by atoms with Crippen LogP contribution >= 0.6 is 0 Å². The van der Waals surface area contributed by atoms with Crippen LogP contribution in [0.3, 0.4) is 0 Å². The molecule has 128 valence electrons. The van der Waals surface area contributed by atoms with Gasteiger partial charge in [-0.25, -0.2) is 4.79 Å². The highest BCUT2D eigenvalue weighted by Gasteiger charge is 2.18. The van der Waals surface area contributed by atoms with E-state index in [2.05, 4.69) is 4.74 Å². The Hall–Kier alpha value is -3.01.